The van der Waals surface area contributed by atoms with Gasteiger partial charge < -0.3 is 10.6 Å². The van der Waals surface area contributed by atoms with E-state index in [1.165, 1.54) is 16.8 Å². The highest BCUT2D eigenvalue weighted by molar-refractivity contribution is 7.07. The van der Waals surface area contributed by atoms with Crippen LogP contribution in [0.5, 0.6) is 0 Å². The van der Waals surface area contributed by atoms with Crippen molar-refractivity contribution in [2.45, 2.75) is 19.5 Å². The summed E-state index contributed by atoms with van der Waals surface area (Å²) in [7, 11) is 2.11. The molecule has 2 rings (SSSR count). The maximum absolute atomic E-state index is 6.00. The van der Waals surface area contributed by atoms with Crippen LogP contribution in [0.25, 0.3) is 0 Å². The number of hydrogen-bond acceptors (Lipinski definition) is 3. The number of hydrogen-bond donors (Lipinski definition) is 1. The number of nitrogens with zero attached hydrogens (tertiary/aromatic N) is 1. The highest BCUT2D eigenvalue weighted by Crippen LogP contribution is 2.25. The van der Waals surface area contributed by atoms with Gasteiger partial charge >= 0.3 is 0 Å². The van der Waals surface area contributed by atoms with Crippen molar-refractivity contribution in [2.75, 3.05) is 11.9 Å². The van der Waals surface area contributed by atoms with E-state index in [4.69, 9.17) is 5.73 Å². The van der Waals surface area contributed by atoms with E-state index in [-0.39, 0.29) is 6.04 Å². The Morgan fingerprint density at radius 1 is 1.29 bits per heavy atom. The molecule has 90 valence electrons. The normalized spacial score (nSPS) is 12.4. The molecule has 0 aliphatic carbocycles. The summed E-state index contributed by atoms with van der Waals surface area (Å²) in [5.41, 5.74) is 9.76. The Hall–Kier alpha value is -1.32. The molecule has 1 heterocycles. The van der Waals surface area contributed by atoms with Crippen LogP contribution in [0, 0.1) is 0 Å². The zero-order valence-corrected chi connectivity index (χ0v) is 11.1. The monoisotopic (exact) mass is 246 g/mol. The molecule has 1 aromatic heterocycles. The molecule has 3 heteroatoms. The second-order valence-corrected chi connectivity index (χ2v) is 5.12. The van der Waals surface area contributed by atoms with E-state index in [9.17, 15) is 0 Å². The summed E-state index contributed by atoms with van der Waals surface area (Å²) in [6.45, 7) is 2.95. The number of thiophene rings is 1. The third kappa shape index (κ3) is 2.87. The van der Waals surface area contributed by atoms with Crippen molar-refractivity contribution in [2.24, 2.45) is 5.73 Å². The Balaban J connectivity index is 2.21. The first-order valence-corrected chi connectivity index (χ1v) is 6.69. The quantitative estimate of drug-likeness (QED) is 0.896. The topological polar surface area (TPSA) is 29.3 Å². The van der Waals surface area contributed by atoms with Gasteiger partial charge in [-0.25, -0.2) is 0 Å². The fraction of sp³-hybridized carbons (Fsp3) is 0.286. The molecule has 2 N–H and O–H groups in total. The summed E-state index contributed by atoms with van der Waals surface area (Å²) < 4.78 is 0. The fourth-order valence-corrected chi connectivity index (χ4v) is 2.62. The third-order valence-electron chi connectivity index (χ3n) is 2.84. The van der Waals surface area contributed by atoms with Gasteiger partial charge in [0.15, 0.2) is 0 Å². The molecule has 17 heavy (non-hydrogen) atoms. The number of para-hydroxylation sites is 1. The van der Waals surface area contributed by atoms with Gasteiger partial charge in [-0.1, -0.05) is 18.2 Å². The average molecular weight is 246 g/mol. The largest absolute Gasteiger partial charge is 0.370 e. The maximum atomic E-state index is 6.00. The molecule has 2 aromatic rings. The van der Waals surface area contributed by atoms with Crippen LogP contribution in [0.1, 0.15) is 24.1 Å². The first kappa shape index (κ1) is 12.1. The average Bonchev–Trinajstić information content (AvgIpc) is 2.81. The number of rotatable bonds is 4. The molecule has 0 radical (unpaired) electrons. The summed E-state index contributed by atoms with van der Waals surface area (Å²) in [6.07, 6.45) is 0. The van der Waals surface area contributed by atoms with Crippen LogP contribution in [-0.2, 0) is 6.54 Å². The van der Waals surface area contributed by atoms with E-state index in [1.54, 1.807) is 11.3 Å². The minimum absolute atomic E-state index is 0.0659. The molecule has 0 amide bonds. The first-order chi connectivity index (χ1) is 8.18. The van der Waals surface area contributed by atoms with Gasteiger partial charge in [0.1, 0.15) is 0 Å². The van der Waals surface area contributed by atoms with Crippen molar-refractivity contribution in [1.82, 2.24) is 0 Å². The molecule has 0 aliphatic heterocycles. The summed E-state index contributed by atoms with van der Waals surface area (Å²) in [5, 5.41) is 4.30. The Morgan fingerprint density at radius 2 is 2.06 bits per heavy atom. The lowest BCUT2D eigenvalue weighted by atomic mass is 10.1. The third-order valence-corrected chi connectivity index (χ3v) is 3.57. The molecule has 0 saturated heterocycles. The van der Waals surface area contributed by atoms with Crippen LogP contribution < -0.4 is 10.6 Å². The molecule has 0 spiro atoms. The molecular formula is C14H18N2S. The standard InChI is InChI=1S/C14H18N2S/c1-11(15)13-5-3-4-6-14(13)16(2)9-12-7-8-17-10-12/h3-8,10-11H,9,15H2,1-2H3/t11-/m0/s1. The summed E-state index contributed by atoms with van der Waals surface area (Å²) in [6, 6.07) is 10.6. The Bertz CT molecular complexity index is 463. The number of nitrogens with two attached hydrogens (primary N) is 1. The molecule has 0 saturated carbocycles. The van der Waals surface area contributed by atoms with Gasteiger partial charge in [0.25, 0.3) is 0 Å². The zero-order chi connectivity index (χ0) is 12.3. The molecule has 1 aromatic carbocycles. The van der Waals surface area contributed by atoms with Crippen LogP contribution in [0.15, 0.2) is 41.1 Å². The van der Waals surface area contributed by atoms with E-state index >= 15 is 0 Å². The van der Waals surface area contributed by atoms with Gasteiger partial charge in [-0.05, 0) is 40.9 Å². The van der Waals surface area contributed by atoms with Gasteiger partial charge in [0, 0.05) is 25.3 Å². The van der Waals surface area contributed by atoms with Crippen molar-refractivity contribution in [3.8, 4) is 0 Å². The predicted octanol–water partition coefficient (Wildman–Crippen LogP) is 3.40. The smallest absolute Gasteiger partial charge is 0.0434 e. The first-order valence-electron chi connectivity index (χ1n) is 5.75. The molecular weight excluding hydrogens is 228 g/mol. The second-order valence-electron chi connectivity index (χ2n) is 4.34. The van der Waals surface area contributed by atoms with E-state index in [1.807, 2.05) is 13.0 Å². The van der Waals surface area contributed by atoms with E-state index < -0.39 is 0 Å². The Morgan fingerprint density at radius 3 is 2.71 bits per heavy atom. The van der Waals surface area contributed by atoms with Crippen LogP contribution >= 0.6 is 11.3 Å². The van der Waals surface area contributed by atoms with Crippen LogP contribution in [-0.4, -0.2) is 7.05 Å². The lowest BCUT2D eigenvalue weighted by molar-refractivity contribution is 0.801. The van der Waals surface area contributed by atoms with Crippen molar-refractivity contribution >= 4 is 17.0 Å². The highest BCUT2D eigenvalue weighted by atomic mass is 32.1. The number of anilines is 1. The highest BCUT2D eigenvalue weighted by Gasteiger charge is 2.10. The Kier molecular flexibility index (Phi) is 3.82. The molecule has 2 nitrogen and oxygen atoms in total. The van der Waals surface area contributed by atoms with Crippen LogP contribution in [0.2, 0.25) is 0 Å². The second kappa shape index (κ2) is 5.34. The molecule has 0 bridgehead atoms. The van der Waals surface area contributed by atoms with Crippen molar-refractivity contribution in [3.63, 3.8) is 0 Å². The minimum atomic E-state index is 0.0659. The van der Waals surface area contributed by atoms with E-state index in [0.717, 1.165) is 6.54 Å². The minimum Gasteiger partial charge on any atom is -0.370 e. The summed E-state index contributed by atoms with van der Waals surface area (Å²) >= 11 is 1.74. The summed E-state index contributed by atoms with van der Waals surface area (Å²) in [5.74, 6) is 0. The molecule has 1 atom stereocenters. The van der Waals surface area contributed by atoms with Crippen molar-refractivity contribution in [3.05, 3.63) is 52.2 Å². The van der Waals surface area contributed by atoms with Gasteiger partial charge in [-0.3, -0.25) is 0 Å². The lowest BCUT2D eigenvalue weighted by Crippen LogP contribution is -2.19. The van der Waals surface area contributed by atoms with E-state index in [2.05, 4.69) is 47.0 Å². The SMILES string of the molecule is C[C@H](N)c1ccccc1N(C)Cc1ccsc1. The van der Waals surface area contributed by atoms with Crippen LogP contribution in [0.4, 0.5) is 5.69 Å². The molecule has 0 aliphatic rings. The molecule has 0 unspecified atom stereocenters. The fourth-order valence-electron chi connectivity index (χ4n) is 1.96. The Labute approximate surface area is 107 Å². The van der Waals surface area contributed by atoms with Crippen molar-refractivity contribution in [1.29, 1.82) is 0 Å². The predicted molar refractivity (Wildman–Crippen MR) is 75.5 cm³/mol. The van der Waals surface area contributed by atoms with Gasteiger partial charge in [0.05, 0.1) is 0 Å². The van der Waals surface area contributed by atoms with Gasteiger partial charge in [-0.2, -0.15) is 11.3 Å². The van der Waals surface area contributed by atoms with E-state index in [0.29, 0.717) is 0 Å². The lowest BCUT2D eigenvalue weighted by Gasteiger charge is -2.23. The van der Waals surface area contributed by atoms with Gasteiger partial charge in [-0.15, -0.1) is 0 Å². The zero-order valence-electron chi connectivity index (χ0n) is 10.3. The maximum Gasteiger partial charge on any atom is 0.0434 e. The van der Waals surface area contributed by atoms with Crippen LogP contribution in [0.3, 0.4) is 0 Å². The summed E-state index contributed by atoms with van der Waals surface area (Å²) in [4.78, 5) is 2.25. The number of benzene rings is 1. The van der Waals surface area contributed by atoms with Gasteiger partial charge in [0.2, 0.25) is 0 Å². The molecule has 0 fully saturated rings. The van der Waals surface area contributed by atoms with Crippen molar-refractivity contribution < 1.29 is 0 Å².